The Hall–Kier alpha value is -1.86. The molecular formula is C20H20ClN. The minimum absolute atomic E-state index is 0.114. The molecule has 2 heteroatoms. The molecule has 22 heavy (non-hydrogen) atoms. The summed E-state index contributed by atoms with van der Waals surface area (Å²) in [6, 6.07) is 16.7. The van der Waals surface area contributed by atoms with E-state index >= 15 is 0 Å². The maximum atomic E-state index is 6.44. The Morgan fingerprint density at radius 2 is 1.59 bits per heavy atom. The van der Waals surface area contributed by atoms with Crippen LogP contribution in [-0.2, 0) is 5.41 Å². The Morgan fingerprint density at radius 3 is 2.23 bits per heavy atom. The van der Waals surface area contributed by atoms with Crippen LogP contribution in [0.25, 0.3) is 22.0 Å². The number of nitrogens with zero attached hydrogens (tertiary/aromatic N) is 1. The lowest BCUT2D eigenvalue weighted by Crippen LogP contribution is -2.10. The number of aryl methyl sites for hydroxylation is 1. The average Bonchev–Trinajstić information content (AvgIpc) is 2.50. The van der Waals surface area contributed by atoms with E-state index in [2.05, 4.69) is 63.0 Å². The van der Waals surface area contributed by atoms with Crippen molar-refractivity contribution in [3.8, 4) is 11.3 Å². The van der Waals surface area contributed by atoms with Crippen molar-refractivity contribution in [2.75, 3.05) is 0 Å². The molecule has 0 aliphatic carbocycles. The minimum atomic E-state index is 0.114. The summed E-state index contributed by atoms with van der Waals surface area (Å²) in [4.78, 5) is 4.63. The summed E-state index contributed by atoms with van der Waals surface area (Å²) in [5.74, 6) is 0. The first kappa shape index (κ1) is 15.1. The zero-order valence-electron chi connectivity index (χ0n) is 13.4. The SMILES string of the molecule is Cc1c(-c2ccccc2)nc(Cl)c2ccc(C(C)(C)C)cc12. The molecule has 0 radical (unpaired) electrons. The van der Waals surface area contributed by atoms with E-state index in [1.54, 1.807) is 0 Å². The number of hydrogen-bond donors (Lipinski definition) is 0. The fourth-order valence-corrected chi connectivity index (χ4v) is 3.00. The van der Waals surface area contributed by atoms with Crippen molar-refractivity contribution in [1.82, 2.24) is 4.98 Å². The van der Waals surface area contributed by atoms with Gasteiger partial charge in [0.05, 0.1) is 5.69 Å². The van der Waals surface area contributed by atoms with Gasteiger partial charge >= 0.3 is 0 Å². The minimum Gasteiger partial charge on any atom is -0.235 e. The van der Waals surface area contributed by atoms with E-state index in [0.29, 0.717) is 5.15 Å². The molecule has 0 N–H and O–H groups in total. The van der Waals surface area contributed by atoms with E-state index in [-0.39, 0.29) is 5.41 Å². The Kier molecular flexibility index (Phi) is 3.70. The van der Waals surface area contributed by atoms with Gasteiger partial charge in [-0.25, -0.2) is 4.98 Å². The topological polar surface area (TPSA) is 12.9 Å². The van der Waals surface area contributed by atoms with E-state index in [4.69, 9.17) is 11.6 Å². The number of pyridine rings is 1. The van der Waals surface area contributed by atoms with E-state index in [1.165, 1.54) is 16.5 Å². The summed E-state index contributed by atoms with van der Waals surface area (Å²) >= 11 is 6.44. The molecular weight excluding hydrogens is 290 g/mol. The molecule has 2 aromatic carbocycles. The summed E-state index contributed by atoms with van der Waals surface area (Å²) in [6.07, 6.45) is 0. The maximum absolute atomic E-state index is 6.44. The molecule has 0 atom stereocenters. The number of benzene rings is 2. The lowest BCUT2D eigenvalue weighted by Gasteiger charge is -2.20. The van der Waals surface area contributed by atoms with Gasteiger partial charge in [-0.1, -0.05) is 80.9 Å². The normalized spacial score (nSPS) is 11.9. The third-order valence-electron chi connectivity index (χ3n) is 4.12. The quantitative estimate of drug-likeness (QED) is 0.490. The van der Waals surface area contributed by atoms with Crippen LogP contribution in [0, 0.1) is 6.92 Å². The fourth-order valence-electron chi connectivity index (χ4n) is 2.75. The first-order valence-corrected chi connectivity index (χ1v) is 7.91. The first-order chi connectivity index (χ1) is 10.4. The highest BCUT2D eigenvalue weighted by Crippen LogP contribution is 2.34. The van der Waals surface area contributed by atoms with Gasteiger partial charge in [0.2, 0.25) is 0 Å². The predicted octanol–water partition coefficient (Wildman–Crippen LogP) is 6.16. The molecule has 0 aliphatic rings. The molecule has 0 aliphatic heterocycles. The van der Waals surface area contributed by atoms with Gasteiger partial charge < -0.3 is 0 Å². The lowest BCUT2D eigenvalue weighted by molar-refractivity contribution is 0.591. The smallest absolute Gasteiger partial charge is 0.137 e. The molecule has 1 nitrogen and oxygen atoms in total. The van der Waals surface area contributed by atoms with E-state index < -0.39 is 0 Å². The van der Waals surface area contributed by atoms with Gasteiger partial charge in [0, 0.05) is 10.9 Å². The average molecular weight is 310 g/mol. The molecule has 1 heterocycles. The van der Waals surface area contributed by atoms with Gasteiger partial charge in [-0.15, -0.1) is 0 Å². The zero-order chi connectivity index (χ0) is 15.9. The molecule has 0 saturated heterocycles. The van der Waals surface area contributed by atoms with Gasteiger partial charge in [-0.3, -0.25) is 0 Å². The first-order valence-electron chi connectivity index (χ1n) is 7.53. The van der Waals surface area contributed by atoms with Crippen LogP contribution in [0.5, 0.6) is 0 Å². The van der Waals surface area contributed by atoms with Gasteiger partial charge in [0.25, 0.3) is 0 Å². The third kappa shape index (κ3) is 2.62. The highest BCUT2D eigenvalue weighted by Gasteiger charge is 2.17. The second kappa shape index (κ2) is 5.40. The molecule has 0 amide bonds. The molecule has 112 valence electrons. The van der Waals surface area contributed by atoms with Gasteiger partial charge in [-0.05, 0) is 28.9 Å². The summed E-state index contributed by atoms with van der Waals surface area (Å²) in [7, 11) is 0. The molecule has 0 bridgehead atoms. The third-order valence-corrected chi connectivity index (χ3v) is 4.41. The summed E-state index contributed by atoms with van der Waals surface area (Å²) in [5, 5.41) is 2.78. The Balaban J connectivity index is 2.31. The zero-order valence-corrected chi connectivity index (χ0v) is 14.2. The van der Waals surface area contributed by atoms with Gasteiger partial charge in [-0.2, -0.15) is 0 Å². The van der Waals surface area contributed by atoms with Crippen molar-refractivity contribution in [3.05, 3.63) is 64.8 Å². The standard InChI is InChI=1S/C20H20ClN/c1-13-17-12-15(20(2,3)4)10-11-16(17)19(21)22-18(13)14-8-6-5-7-9-14/h5-12H,1-4H3. The van der Waals surface area contributed by atoms with Crippen LogP contribution in [0.15, 0.2) is 48.5 Å². The van der Waals surface area contributed by atoms with E-state index in [9.17, 15) is 0 Å². The van der Waals surface area contributed by atoms with Crippen LogP contribution >= 0.6 is 11.6 Å². The number of fused-ring (bicyclic) bond motifs is 1. The molecule has 3 rings (SSSR count). The second-order valence-corrected chi connectivity index (χ2v) is 7.11. The number of hydrogen-bond acceptors (Lipinski definition) is 1. The molecule has 0 saturated carbocycles. The Morgan fingerprint density at radius 1 is 0.909 bits per heavy atom. The van der Waals surface area contributed by atoms with Crippen LogP contribution < -0.4 is 0 Å². The molecule has 0 spiro atoms. The summed E-state index contributed by atoms with van der Waals surface area (Å²) in [6.45, 7) is 8.81. The van der Waals surface area contributed by atoms with Crippen molar-refractivity contribution in [2.45, 2.75) is 33.1 Å². The van der Waals surface area contributed by atoms with Crippen LogP contribution in [0.4, 0.5) is 0 Å². The molecule has 1 aromatic heterocycles. The Bertz CT molecular complexity index is 830. The second-order valence-electron chi connectivity index (χ2n) is 6.75. The molecule has 3 aromatic rings. The highest BCUT2D eigenvalue weighted by molar-refractivity contribution is 6.34. The molecule has 0 fully saturated rings. The Labute approximate surface area is 137 Å². The van der Waals surface area contributed by atoms with Crippen molar-refractivity contribution < 1.29 is 0 Å². The monoisotopic (exact) mass is 309 g/mol. The number of aromatic nitrogens is 1. The van der Waals surface area contributed by atoms with Crippen molar-refractivity contribution >= 4 is 22.4 Å². The van der Waals surface area contributed by atoms with Gasteiger partial charge in [0.1, 0.15) is 5.15 Å². The van der Waals surface area contributed by atoms with Crippen LogP contribution in [0.3, 0.4) is 0 Å². The van der Waals surface area contributed by atoms with Gasteiger partial charge in [0.15, 0.2) is 0 Å². The molecule has 0 unspecified atom stereocenters. The number of rotatable bonds is 1. The largest absolute Gasteiger partial charge is 0.235 e. The van der Waals surface area contributed by atoms with Crippen molar-refractivity contribution in [2.24, 2.45) is 0 Å². The van der Waals surface area contributed by atoms with Crippen LogP contribution in [0.1, 0.15) is 31.9 Å². The van der Waals surface area contributed by atoms with E-state index in [1.807, 2.05) is 18.2 Å². The van der Waals surface area contributed by atoms with Crippen LogP contribution in [-0.4, -0.2) is 4.98 Å². The predicted molar refractivity (Wildman–Crippen MR) is 95.6 cm³/mol. The summed E-state index contributed by atoms with van der Waals surface area (Å²) < 4.78 is 0. The summed E-state index contributed by atoms with van der Waals surface area (Å²) in [5.41, 5.74) is 4.67. The number of halogens is 1. The van der Waals surface area contributed by atoms with E-state index in [0.717, 1.165) is 16.6 Å². The van der Waals surface area contributed by atoms with Crippen LogP contribution in [0.2, 0.25) is 5.15 Å². The van der Waals surface area contributed by atoms with Crippen molar-refractivity contribution in [1.29, 1.82) is 0 Å². The highest BCUT2D eigenvalue weighted by atomic mass is 35.5. The van der Waals surface area contributed by atoms with Crippen molar-refractivity contribution in [3.63, 3.8) is 0 Å². The fraction of sp³-hybridized carbons (Fsp3) is 0.250. The lowest BCUT2D eigenvalue weighted by atomic mass is 9.85. The maximum Gasteiger partial charge on any atom is 0.137 e.